The lowest BCUT2D eigenvalue weighted by atomic mass is 10.2. The van der Waals surface area contributed by atoms with Crippen molar-refractivity contribution in [3.63, 3.8) is 0 Å². The molecule has 114 valence electrons. The van der Waals surface area contributed by atoms with E-state index in [2.05, 4.69) is 0 Å². The van der Waals surface area contributed by atoms with Gasteiger partial charge < -0.3 is 10.6 Å². The van der Waals surface area contributed by atoms with E-state index in [4.69, 9.17) is 18.0 Å². The number of hydrogen-bond acceptors (Lipinski definition) is 4. The summed E-state index contributed by atoms with van der Waals surface area (Å²) in [5, 5.41) is 0. The highest BCUT2D eigenvalue weighted by Gasteiger charge is 2.09. The first kappa shape index (κ1) is 23.4. The minimum atomic E-state index is -0.0179. The van der Waals surface area contributed by atoms with E-state index in [9.17, 15) is 4.79 Å². The molecule has 0 aliphatic carbocycles. The van der Waals surface area contributed by atoms with Crippen molar-refractivity contribution < 1.29 is 0 Å². The topological polar surface area (TPSA) is 46.3 Å². The van der Waals surface area contributed by atoms with Crippen molar-refractivity contribution in [3.8, 4) is 0 Å². The quantitative estimate of drug-likeness (QED) is 0.659. The van der Waals surface area contributed by atoms with Gasteiger partial charge in [-0.25, -0.2) is 0 Å². The Morgan fingerprint density at radius 2 is 1.58 bits per heavy atom. The largest absolute Gasteiger partial charge is 0.373 e. The second-order valence-corrected chi connectivity index (χ2v) is 3.55. The Bertz CT molecular complexity index is 343. The average molecular weight is 289 g/mol. The summed E-state index contributed by atoms with van der Waals surface area (Å²) < 4.78 is 0.468. The molecule has 0 bridgehead atoms. The molecular weight excluding hydrogens is 256 g/mol. The molecule has 0 atom stereocenters. The Labute approximate surface area is 124 Å². The number of hydrogen-bond donors (Lipinski definition) is 1. The third-order valence-electron chi connectivity index (χ3n) is 2.08. The molecule has 0 amide bonds. The third-order valence-corrected chi connectivity index (χ3v) is 2.49. The van der Waals surface area contributed by atoms with Crippen LogP contribution >= 0.6 is 12.2 Å². The zero-order chi connectivity index (χ0) is 15.8. The van der Waals surface area contributed by atoms with Crippen LogP contribution < -0.4 is 16.1 Å². The number of rotatable bonds is 5. The van der Waals surface area contributed by atoms with Gasteiger partial charge in [-0.05, 0) is 19.4 Å². The molecule has 0 aromatic heterocycles. The first-order valence-electron chi connectivity index (χ1n) is 7.38. The second kappa shape index (κ2) is 17.3. The molecule has 1 rings (SSSR count). The van der Waals surface area contributed by atoms with E-state index < -0.39 is 0 Å². The normalized spacial score (nSPS) is 8.21. The molecule has 0 aliphatic rings. The van der Waals surface area contributed by atoms with Gasteiger partial charge in [0.2, 0.25) is 5.43 Å². The van der Waals surface area contributed by atoms with E-state index in [1.807, 2.05) is 53.5 Å². The van der Waals surface area contributed by atoms with Gasteiger partial charge in [-0.1, -0.05) is 53.8 Å². The van der Waals surface area contributed by atoms with E-state index in [1.165, 1.54) is 0 Å². The molecule has 19 heavy (non-hydrogen) atoms. The first-order chi connectivity index (χ1) is 9.16. The zero-order valence-corrected chi connectivity index (χ0v) is 14.6. The van der Waals surface area contributed by atoms with Gasteiger partial charge in [0.15, 0.2) is 0 Å². The van der Waals surface area contributed by atoms with Gasteiger partial charge in [-0.2, -0.15) is 0 Å². The molecule has 2 N–H and O–H groups in total. The molecule has 0 saturated heterocycles. The van der Waals surface area contributed by atoms with Crippen LogP contribution in [0.4, 0.5) is 5.69 Å². The van der Waals surface area contributed by atoms with Crippen LogP contribution in [-0.4, -0.2) is 20.1 Å². The van der Waals surface area contributed by atoms with Crippen molar-refractivity contribution in [2.45, 2.75) is 54.4 Å². The maximum atomic E-state index is 10.8. The molecule has 0 unspecified atom stereocenters. The van der Waals surface area contributed by atoms with E-state index in [-0.39, 0.29) is 5.43 Å². The minimum absolute atomic E-state index is 0.0179. The summed E-state index contributed by atoms with van der Waals surface area (Å²) in [7, 11) is 1.95. The van der Waals surface area contributed by atoms with Crippen LogP contribution in [0.1, 0.15) is 54.4 Å². The van der Waals surface area contributed by atoms with Crippen molar-refractivity contribution in [2.24, 2.45) is 5.73 Å². The van der Waals surface area contributed by atoms with Crippen LogP contribution in [0.2, 0.25) is 0 Å². The molecular formula is C15H32N2OS. The summed E-state index contributed by atoms with van der Waals surface area (Å²) >= 11 is 4.90. The van der Waals surface area contributed by atoms with Crippen LogP contribution in [0.3, 0.4) is 0 Å². The third kappa shape index (κ3) is 9.79. The molecule has 0 fully saturated rings. The standard InChI is InChI=1S/C9H14N2OS.3C2H6/c1-11(5-3-2-4-10)7-6-8(12)9(7)13;3*1-2/h6H,2-5,10H2,1H3;3*1-2H3. The predicted molar refractivity (Wildman–Crippen MR) is 91.5 cm³/mol. The minimum Gasteiger partial charge on any atom is -0.373 e. The Morgan fingerprint density at radius 1 is 1.11 bits per heavy atom. The Kier molecular flexibility index (Phi) is 21.2. The van der Waals surface area contributed by atoms with Gasteiger partial charge >= 0.3 is 0 Å². The molecule has 0 radical (unpaired) electrons. The fourth-order valence-corrected chi connectivity index (χ4v) is 1.47. The maximum absolute atomic E-state index is 10.8. The van der Waals surface area contributed by atoms with Gasteiger partial charge in [0, 0.05) is 19.7 Å². The lowest BCUT2D eigenvalue weighted by Gasteiger charge is -2.20. The van der Waals surface area contributed by atoms with E-state index >= 15 is 0 Å². The van der Waals surface area contributed by atoms with E-state index in [0.29, 0.717) is 4.51 Å². The molecule has 0 heterocycles. The average Bonchev–Trinajstić information content (AvgIpc) is 2.50. The smallest absolute Gasteiger partial charge is 0.200 e. The van der Waals surface area contributed by atoms with E-state index in [0.717, 1.165) is 31.6 Å². The monoisotopic (exact) mass is 288 g/mol. The molecule has 0 aliphatic heterocycles. The lowest BCUT2D eigenvalue weighted by Crippen LogP contribution is -2.25. The number of nitrogens with zero attached hydrogens (tertiary/aromatic N) is 1. The summed E-state index contributed by atoms with van der Waals surface area (Å²) in [6, 6.07) is 1.59. The van der Waals surface area contributed by atoms with Crippen LogP contribution in [0, 0.1) is 4.51 Å². The number of unbranched alkanes of at least 4 members (excludes halogenated alkanes) is 1. The van der Waals surface area contributed by atoms with Gasteiger partial charge in [0.1, 0.15) is 4.51 Å². The van der Waals surface area contributed by atoms with Gasteiger partial charge in [0.25, 0.3) is 0 Å². The van der Waals surface area contributed by atoms with E-state index in [1.54, 1.807) is 6.07 Å². The number of nitrogens with two attached hydrogens (primary N) is 1. The van der Waals surface area contributed by atoms with Gasteiger partial charge in [0.05, 0.1) is 5.69 Å². The van der Waals surface area contributed by atoms with Crippen LogP contribution in [0.15, 0.2) is 10.9 Å². The highest BCUT2D eigenvalue weighted by Crippen LogP contribution is 2.13. The SMILES string of the molecule is CC.CC.CC.CN(CCCCN)c1cc(=O)c1=S. The van der Waals surface area contributed by atoms with Crippen LogP contribution in [-0.2, 0) is 0 Å². The van der Waals surface area contributed by atoms with Gasteiger partial charge in [-0.3, -0.25) is 4.79 Å². The Hall–Kier alpha value is -0.740. The Balaban J connectivity index is -0.000000375. The van der Waals surface area contributed by atoms with Crippen molar-refractivity contribution in [2.75, 3.05) is 25.0 Å². The van der Waals surface area contributed by atoms with Crippen molar-refractivity contribution >= 4 is 17.9 Å². The van der Waals surface area contributed by atoms with Crippen molar-refractivity contribution in [1.82, 2.24) is 0 Å². The summed E-state index contributed by atoms with van der Waals surface area (Å²) in [6.45, 7) is 13.6. The molecule has 1 aromatic carbocycles. The maximum Gasteiger partial charge on any atom is 0.200 e. The fourth-order valence-electron chi connectivity index (χ4n) is 1.20. The first-order valence-corrected chi connectivity index (χ1v) is 7.79. The fraction of sp³-hybridized carbons (Fsp3) is 0.733. The molecule has 0 saturated carbocycles. The Morgan fingerprint density at radius 3 is 1.89 bits per heavy atom. The molecule has 0 spiro atoms. The van der Waals surface area contributed by atoms with Crippen molar-refractivity contribution in [3.05, 3.63) is 20.8 Å². The number of anilines is 1. The zero-order valence-electron chi connectivity index (χ0n) is 13.7. The van der Waals surface area contributed by atoms with Crippen molar-refractivity contribution in [1.29, 1.82) is 0 Å². The van der Waals surface area contributed by atoms with Crippen LogP contribution in [0.25, 0.3) is 0 Å². The highest BCUT2D eigenvalue weighted by atomic mass is 32.1. The molecule has 4 heteroatoms. The highest BCUT2D eigenvalue weighted by molar-refractivity contribution is 7.71. The van der Waals surface area contributed by atoms with Gasteiger partial charge in [-0.15, -0.1) is 0 Å². The summed E-state index contributed by atoms with van der Waals surface area (Å²) in [5.74, 6) is 0. The summed E-state index contributed by atoms with van der Waals surface area (Å²) in [6.07, 6.45) is 2.06. The summed E-state index contributed by atoms with van der Waals surface area (Å²) in [5.41, 5.74) is 6.26. The molecule has 3 nitrogen and oxygen atoms in total. The van der Waals surface area contributed by atoms with Crippen LogP contribution in [0.5, 0.6) is 0 Å². The molecule has 1 aromatic rings. The summed E-state index contributed by atoms with van der Waals surface area (Å²) in [4.78, 5) is 12.8. The second-order valence-electron chi connectivity index (χ2n) is 3.14. The predicted octanol–water partition coefficient (Wildman–Crippen LogP) is 3.91. The lowest BCUT2D eigenvalue weighted by molar-refractivity contribution is 0.726.